The molecule has 0 radical (unpaired) electrons. The van der Waals surface area contributed by atoms with Gasteiger partial charge in [0.2, 0.25) is 0 Å². The fourth-order valence-electron chi connectivity index (χ4n) is 0.963. The van der Waals surface area contributed by atoms with Gasteiger partial charge in [-0.05, 0) is 34.1 Å². The van der Waals surface area contributed by atoms with Crippen molar-refractivity contribution in [2.75, 3.05) is 0 Å². The molecule has 0 aliphatic heterocycles. The minimum absolute atomic E-state index is 0.102. The molecule has 1 atom stereocenters. The van der Waals surface area contributed by atoms with Crippen LogP contribution < -0.4 is 5.73 Å². The molecule has 0 saturated heterocycles. The van der Waals surface area contributed by atoms with E-state index in [0.717, 1.165) is 6.42 Å². The van der Waals surface area contributed by atoms with Crippen LogP contribution in [-0.2, 0) is 7.58 Å². The zero-order valence-electron chi connectivity index (χ0n) is 9.41. The van der Waals surface area contributed by atoms with E-state index in [1.807, 2.05) is 27.7 Å². The summed E-state index contributed by atoms with van der Waals surface area (Å²) in [4.78, 5) is 0.102. The zero-order chi connectivity index (χ0) is 10.4. The Morgan fingerprint density at radius 3 is 1.69 bits per heavy atom. The van der Waals surface area contributed by atoms with Crippen molar-refractivity contribution in [3.63, 3.8) is 0 Å². The molecule has 4 heteroatoms. The molecule has 13 heavy (non-hydrogen) atoms. The third-order valence-corrected chi connectivity index (χ3v) is 4.43. The van der Waals surface area contributed by atoms with E-state index in [1.165, 1.54) is 0 Å². The lowest BCUT2D eigenvalue weighted by atomic mass is 10.5. The normalized spacial score (nSPS) is 13.8. The predicted octanol–water partition coefficient (Wildman–Crippen LogP) is 1.60. The Hall–Kier alpha value is 0.412. The maximum absolute atomic E-state index is 5.93. The van der Waals surface area contributed by atoms with E-state index in [4.69, 9.17) is 13.3 Å². The third kappa shape index (κ3) is 6.48. The van der Waals surface area contributed by atoms with Crippen LogP contribution in [0.2, 0.25) is 0 Å². The molecule has 0 saturated carbocycles. The van der Waals surface area contributed by atoms with E-state index >= 15 is 0 Å². The third-order valence-electron chi connectivity index (χ3n) is 1.63. The van der Waals surface area contributed by atoms with Crippen LogP contribution in [0, 0.1) is 0 Å². The van der Waals surface area contributed by atoms with Gasteiger partial charge in [-0.3, -0.25) is 0 Å². The second-order valence-electron chi connectivity index (χ2n) is 3.81. The monoisotopic (exact) mass is 203 g/mol. The molecular formula is C9H22AlNO2. The smallest absolute Gasteiger partial charge is 0.475 e. The molecule has 0 amide bonds. The largest absolute Gasteiger partial charge is 0.693 e. The van der Waals surface area contributed by atoms with E-state index in [1.54, 1.807) is 0 Å². The van der Waals surface area contributed by atoms with Gasteiger partial charge in [0, 0.05) is 17.1 Å². The molecule has 0 rings (SSSR count). The zero-order valence-corrected chi connectivity index (χ0v) is 10.6. The molecule has 0 heterocycles. The summed E-state index contributed by atoms with van der Waals surface area (Å²) in [5, 5.41) is 0. The Labute approximate surface area is 86.7 Å². The first kappa shape index (κ1) is 13.4. The van der Waals surface area contributed by atoms with Gasteiger partial charge in [0.15, 0.2) is 0 Å². The van der Waals surface area contributed by atoms with Crippen LogP contribution in [-0.4, -0.2) is 31.9 Å². The summed E-state index contributed by atoms with van der Waals surface area (Å²) < 4.78 is 11.4. The average molecular weight is 203 g/mol. The lowest BCUT2D eigenvalue weighted by Gasteiger charge is -2.22. The SMILES string of the molecule is CC[CH](N)[Al]([O]C(C)C)[O]C(C)C. The lowest BCUT2D eigenvalue weighted by Crippen LogP contribution is -2.45. The van der Waals surface area contributed by atoms with Crippen LogP contribution in [0.5, 0.6) is 0 Å². The van der Waals surface area contributed by atoms with Crippen LogP contribution in [0.1, 0.15) is 41.0 Å². The van der Waals surface area contributed by atoms with Crippen molar-refractivity contribution in [1.82, 2.24) is 0 Å². The van der Waals surface area contributed by atoms with Crippen LogP contribution in [0.3, 0.4) is 0 Å². The highest BCUT2D eigenvalue weighted by Gasteiger charge is 2.34. The highest BCUT2D eigenvalue weighted by Crippen LogP contribution is 2.05. The number of rotatable bonds is 6. The molecule has 0 aliphatic carbocycles. The molecule has 0 aromatic rings. The van der Waals surface area contributed by atoms with Crippen molar-refractivity contribution >= 4 is 14.8 Å². The van der Waals surface area contributed by atoms with Gasteiger partial charge in [0.25, 0.3) is 0 Å². The van der Waals surface area contributed by atoms with E-state index < -0.39 is 14.8 Å². The molecule has 0 aliphatic rings. The van der Waals surface area contributed by atoms with E-state index in [0.29, 0.717) is 0 Å². The highest BCUT2D eigenvalue weighted by molar-refractivity contribution is 6.46. The predicted molar refractivity (Wildman–Crippen MR) is 56.5 cm³/mol. The molecular weight excluding hydrogens is 181 g/mol. The molecule has 0 aromatic heterocycles. The Morgan fingerprint density at radius 1 is 1.08 bits per heavy atom. The minimum Gasteiger partial charge on any atom is -0.475 e. The Kier molecular flexibility index (Phi) is 7.02. The molecule has 0 bridgehead atoms. The van der Waals surface area contributed by atoms with Gasteiger partial charge in [0.1, 0.15) is 0 Å². The summed E-state index contributed by atoms with van der Waals surface area (Å²) in [6, 6.07) is 0. The Morgan fingerprint density at radius 2 is 1.46 bits per heavy atom. The van der Waals surface area contributed by atoms with Crippen molar-refractivity contribution < 1.29 is 7.58 Å². The van der Waals surface area contributed by atoms with Crippen molar-refractivity contribution in [3.8, 4) is 0 Å². The topological polar surface area (TPSA) is 44.5 Å². The highest BCUT2D eigenvalue weighted by atomic mass is 27.2. The van der Waals surface area contributed by atoms with Gasteiger partial charge in [-0.25, -0.2) is 0 Å². The quantitative estimate of drug-likeness (QED) is 0.667. The summed E-state index contributed by atoms with van der Waals surface area (Å²) in [5.41, 5.74) is 5.93. The molecule has 3 nitrogen and oxygen atoms in total. The van der Waals surface area contributed by atoms with Crippen LogP contribution >= 0.6 is 0 Å². The Bertz CT molecular complexity index is 121. The molecule has 0 aromatic carbocycles. The van der Waals surface area contributed by atoms with Gasteiger partial charge >= 0.3 is 14.8 Å². The molecule has 0 spiro atoms. The second-order valence-corrected chi connectivity index (χ2v) is 5.95. The molecule has 2 N–H and O–H groups in total. The minimum atomic E-state index is -1.67. The summed E-state index contributed by atoms with van der Waals surface area (Å²) >= 11 is -1.67. The van der Waals surface area contributed by atoms with Gasteiger partial charge in [0.05, 0.1) is 0 Å². The van der Waals surface area contributed by atoms with Crippen molar-refractivity contribution in [1.29, 1.82) is 0 Å². The summed E-state index contributed by atoms with van der Waals surface area (Å²) in [7, 11) is 0. The first-order valence-corrected chi connectivity index (χ1v) is 6.64. The van der Waals surface area contributed by atoms with Gasteiger partial charge < -0.3 is 13.3 Å². The number of hydrogen-bond acceptors (Lipinski definition) is 3. The van der Waals surface area contributed by atoms with Crippen LogP contribution in [0.25, 0.3) is 0 Å². The number of nitrogens with two attached hydrogens (primary N) is 1. The van der Waals surface area contributed by atoms with Gasteiger partial charge in [-0.15, -0.1) is 0 Å². The fourth-order valence-corrected chi connectivity index (χ4v) is 2.89. The van der Waals surface area contributed by atoms with Crippen molar-refractivity contribution in [3.05, 3.63) is 0 Å². The summed E-state index contributed by atoms with van der Waals surface area (Å²) in [6.07, 6.45) is 1.36. The first-order valence-electron chi connectivity index (χ1n) is 5.03. The van der Waals surface area contributed by atoms with E-state index in [-0.39, 0.29) is 17.1 Å². The molecule has 0 fully saturated rings. The van der Waals surface area contributed by atoms with Gasteiger partial charge in [-0.2, -0.15) is 0 Å². The standard InChI is InChI=1S/C3H8N.2C3H7O.Al/c1-2-3-4;2*1-3(2)4;/h3H,2,4H2,1H3;2*3H,1-2H3;/q;2*-1;+2. The molecule has 1 unspecified atom stereocenters. The van der Waals surface area contributed by atoms with Crippen molar-refractivity contribution in [2.45, 2.75) is 58.2 Å². The summed E-state index contributed by atoms with van der Waals surface area (Å²) in [6.45, 7) is 10.1. The van der Waals surface area contributed by atoms with E-state index in [2.05, 4.69) is 6.92 Å². The average Bonchev–Trinajstić information content (AvgIpc) is 2.00. The van der Waals surface area contributed by atoms with E-state index in [9.17, 15) is 0 Å². The first-order chi connectivity index (χ1) is 5.97. The van der Waals surface area contributed by atoms with Crippen molar-refractivity contribution in [2.24, 2.45) is 5.73 Å². The van der Waals surface area contributed by atoms with Crippen LogP contribution in [0.4, 0.5) is 0 Å². The van der Waals surface area contributed by atoms with Gasteiger partial charge in [-0.1, -0.05) is 6.92 Å². The summed E-state index contributed by atoms with van der Waals surface area (Å²) in [5.74, 6) is 0. The molecule has 78 valence electrons. The fraction of sp³-hybridized carbons (Fsp3) is 1.00. The second kappa shape index (κ2) is 6.81. The maximum Gasteiger partial charge on any atom is 0.693 e. The van der Waals surface area contributed by atoms with Crippen LogP contribution in [0.15, 0.2) is 0 Å². The number of hydrogen-bond donors (Lipinski definition) is 1. The lowest BCUT2D eigenvalue weighted by molar-refractivity contribution is 0.123. The Balaban J connectivity index is 4.02. The maximum atomic E-state index is 5.93.